The number of benzene rings is 1. The zero-order valence-electron chi connectivity index (χ0n) is 12.3. The van der Waals surface area contributed by atoms with Crippen molar-refractivity contribution in [3.8, 4) is 0 Å². The zero-order valence-corrected chi connectivity index (χ0v) is 13.9. The molecule has 0 atom stereocenters. The highest BCUT2D eigenvalue weighted by Gasteiger charge is 2.29. The van der Waals surface area contributed by atoms with Crippen molar-refractivity contribution in [3.05, 3.63) is 47.9 Å². The standard InChI is InChI=1S/C14H14F3NO3S2/c1-10-3-4-11(21-10)9-18(2)23(19,20)13-7-5-12(6-8-13)22-14(15,16)17/h3-8H,9H2,1-2H3. The summed E-state index contributed by atoms with van der Waals surface area (Å²) in [6, 6.07) is 7.98. The van der Waals surface area contributed by atoms with Gasteiger partial charge in [-0.1, -0.05) is 0 Å². The van der Waals surface area contributed by atoms with E-state index in [1.807, 2.05) is 0 Å². The lowest BCUT2D eigenvalue weighted by molar-refractivity contribution is -0.0328. The normalized spacial score (nSPS) is 12.8. The lowest BCUT2D eigenvalue weighted by Crippen LogP contribution is -2.26. The Kier molecular flexibility index (Phi) is 5.12. The van der Waals surface area contributed by atoms with E-state index in [0.717, 1.165) is 28.6 Å². The maximum atomic E-state index is 12.4. The summed E-state index contributed by atoms with van der Waals surface area (Å²) < 4.78 is 68.0. The van der Waals surface area contributed by atoms with Gasteiger partial charge in [0.25, 0.3) is 0 Å². The van der Waals surface area contributed by atoms with Gasteiger partial charge in [-0.3, -0.25) is 0 Å². The van der Waals surface area contributed by atoms with Gasteiger partial charge in [-0.05, 0) is 55.1 Å². The summed E-state index contributed by atoms with van der Waals surface area (Å²) in [7, 11) is -2.43. The number of furan rings is 1. The van der Waals surface area contributed by atoms with Crippen LogP contribution in [0.1, 0.15) is 11.5 Å². The van der Waals surface area contributed by atoms with Crippen LogP contribution in [-0.2, 0) is 16.6 Å². The fraction of sp³-hybridized carbons (Fsp3) is 0.286. The van der Waals surface area contributed by atoms with E-state index < -0.39 is 15.5 Å². The van der Waals surface area contributed by atoms with Crippen molar-refractivity contribution < 1.29 is 26.0 Å². The summed E-state index contributed by atoms with van der Waals surface area (Å²) in [5, 5.41) is 0. The maximum Gasteiger partial charge on any atom is 0.446 e. The number of hydrogen-bond donors (Lipinski definition) is 0. The van der Waals surface area contributed by atoms with Crippen molar-refractivity contribution in [1.29, 1.82) is 0 Å². The van der Waals surface area contributed by atoms with E-state index in [4.69, 9.17) is 4.42 Å². The van der Waals surface area contributed by atoms with Crippen LogP contribution in [0, 0.1) is 6.92 Å². The summed E-state index contributed by atoms with van der Waals surface area (Å²) in [6.45, 7) is 1.78. The van der Waals surface area contributed by atoms with Crippen LogP contribution >= 0.6 is 11.8 Å². The van der Waals surface area contributed by atoms with Gasteiger partial charge in [0.1, 0.15) is 11.5 Å². The average molecular weight is 365 g/mol. The van der Waals surface area contributed by atoms with Crippen molar-refractivity contribution in [3.63, 3.8) is 0 Å². The van der Waals surface area contributed by atoms with Crippen LogP contribution in [0.4, 0.5) is 13.2 Å². The molecule has 0 N–H and O–H groups in total. The lowest BCUT2D eigenvalue weighted by Gasteiger charge is -2.16. The molecule has 0 aliphatic heterocycles. The molecule has 0 saturated heterocycles. The molecule has 0 unspecified atom stereocenters. The monoisotopic (exact) mass is 365 g/mol. The first-order chi connectivity index (χ1) is 10.6. The first-order valence-electron chi connectivity index (χ1n) is 6.45. The van der Waals surface area contributed by atoms with Crippen LogP contribution in [0.15, 0.2) is 50.6 Å². The molecule has 0 radical (unpaired) electrons. The first kappa shape index (κ1) is 17.9. The molecular formula is C14H14F3NO3S2. The second-order valence-electron chi connectivity index (χ2n) is 4.79. The Morgan fingerprint density at radius 1 is 1.13 bits per heavy atom. The van der Waals surface area contributed by atoms with Gasteiger partial charge >= 0.3 is 5.51 Å². The van der Waals surface area contributed by atoms with Crippen LogP contribution in [0.5, 0.6) is 0 Å². The first-order valence-corrected chi connectivity index (χ1v) is 8.71. The molecule has 1 heterocycles. The maximum absolute atomic E-state index is 12.4. The summed E-state index contributed by atoms with van der Waals surface area (Å²) in [6.07, 6.45) is 0. The van der Waals surface area contributed by atoms with E-state index >= 15 is 0 Å². The molecule has 0 spiro atoms. The van der Waals surface area contributed by atoms with Crippen LogP contribution in [0.3, 0.4) is 0 Å². The molecule has 0 amide bonds. The minimum atomic E-state index is -4.41. The minimum absolute atomic E-state index is 0.0369. The van der Waals surface area contributed by atoms with E-state index in [9.17, 15) is 21.6 Å². The van der Waals surface area contributed by atoms with E-state index in [1.165, 1.54) is 7.05 Å². The summed E-state index contributed by atoms with van der Waals surface area (Å²) in [5.41, 5.74) is -4.41. The highest BCUT2D eigenvalue weighted by molar-refractivity contribution is 8.00. The molecule has 0 bridgehead atoms. The summed E-state index contributed by atoms with van der Waals surface area (Å²) in [4.78, 5) is -0.143. The van der Waals surface area contributed by atoms with Crippen molar-refractivity contribution in [2.45, 2.75) is 28.8 Å². The Morgan fingerprint density at radius 2 is 1.74 bits per heavy atom. The number of nitrogens with zero attached hydrogens (tertiary/aromatic N) is 1. The number of sulfonamides is 1. The highest BCUT2D eigenvalue weighted by Crippen LogP contribution is 2.37. The van der Waals surface area contributed by atoms with Gasteiger partial charge in [0, 0.05) is 11.9 Å². The van der Waals surface area contributed by atoms with Crippen molar-refractivity contribution in [2.24, 2.45) is 0 Å². The fourth-order valence-corrected chi connectivity index (χ4v) is 3.54. The lowest BCUT2D eigenvalue weighted by atomic mass is 10.4. The molecule has 0 fully saturated rings. The van der Waals surface area contributed by atoms with Crippen LogP contribution in [0.2, 0.25) is 0 Å². The molecule has 0 aliphatic rings. The molecule has 126 valence electrons. The zero-order chi connectivity index (χ0) is 17.3. The van der Waals surface area contributed by atoms with Gasteiger partial charge in [-0.15, -0.1) is 0 Å². The van der Waals surface area contributed by atoms with Crippen molar-refractivity contribution in [1.82, 2.24) is 4.31 Å². The Morgan fingerprint density at radius 3 is 2.22 bits per heavy atom. The number of hydrogen-bond acceptors (Lipinski definition) is 4. The number of aryl methyl sites for hydroxylation is 1. The second-order valence-corrected chi connectivity index (χ2v) is 7.98. The Hall–Kier alpha value is -1.45. The van der Waals surface area contributed by atoms with Crippen molar-refractivity contribution >= 4 is 21.8 Å². The van der Waals surface area contributed by atoms with Crippen molar-refractivity contribution in [2.75, 3.05) is 7.05 Å². The van der Waals surface area contributed by atoms with Crippen LogP contribution in [-0.4, -0.2) is 25.3 Å². The smallest absolute Gasteiger partial charge is 0.446 e. The quantitative estimate of drug-likeness (QED) is 0.751. The molecule has 1 aromatic heterocycles. The predicted octanol–water partition coefficient (Wildman–Crippen LogP) is 4.02. The predicted molar refractivity (Wildman–Crippen MR) is 80.5 cm³/mol. The molecule has 4 nitrogen and oxygen atoms in total. The van der Waals surface area contributed by atoms with Gasteiger partial charge in [0.2, 0.25) is 10.0 Å². The minimum Gasteiger partial charge on any atom is -0.465 e. The number of alkyl halides is 3. The third-order valence-electron chi connectivity index (χ3n) is 2.94. The third kappa shape index (κ3) is 4.76. The molecule has 23 heavy (non-hydrogen) atoms. The number of thioether (sulfide) groups is 1. The largest absolute Gasteiger partial charge is 0.465 e. The molecule has 1 aromatic carbocycles. The SMILES string of the molecule is Cc1ccc(CN(C)S(=O)(=O)c2ccc(SC(F)(F)F)cc2)o1. The van der Waals surface area contributed by atoms with E-state index in [-0.39, 0.29) is 28.1 Å². The Bertz CT molecular complexity index is 767. The van der Waals surface area contributed by atoms with E-state index in [1.54, 1.807) is 19.1 Å². The summed E-state index contributed by atoms with van der Waals surface area (Å²) >= 11 is -0.290. The number of halogens is 3. The molecule has 2 rings (SSSR count). The highest BCUT2D eigenvalue weighted by atomic mass is 32.2. The van der Waals surface area contributed by atoms with Gasteiger partial charge in [-0.2, -0.15) is 17.5 Å². The summed E-state index contributed by atoms with van der Waals surface area (Å²) in [5.74, 6) is 1.15. The van der Waals surface area contributed by atoms with Crippen LogP contribution in [0.25, 0.3) is 0 Å². The number of rotatable bonds is 5. The molecule has 2 aromatic rings. The topological polar surface area (TPSA) is 50.5 Å². The Labute approximate surface area is 136 Å². The fourth-order valence-electron chi connectivity index (χ4n) is 1.87. The van der Waals surface area contributed by atoms with Gasteiger partial charge < -0.3 is 4.42 Å². The third-order valence-corrected chi connectivity index (χ3v) is 5.50. The van der Waals surface area contributed by atoms with Crippen LogP contribution < -0.4 is 0 Å². The molecule has 9 heteroatoms. The van der Waals surface area contributed by atoms with E-state index in [0.29, 0.717) is 11.5 Å². The molecule has 0 saturated carbocycles. The van der Waals surface area contributed by atoms with Gasteiger partial charge in [-0.25, -0.2) is 8.42 Å². The molecular weight excluding hydrogens is 351 g/mol. The second kappa shape index (κ2) is 6.58. The van der Waals surface area contributed by atoms with Gasteiger partial charge in [0.05, 0.1) is 11.4 Å². The molecule has 0 aliphatic carbocycles. The van der Waals surface area contributed by atoms with E-state index in [2.05, 4.69) is 0 Å². The average Bonchev–Trinajstić information content (AvgIpc) is 2.83. The van der Waals surface area contributed by atoms with Gasteiger partial charge in [0.15, 0.2) is 0 Å². The Balaban J connectivity index is 2.15.